The van der Waals surface area contributed by atoms with Crippen molar-refractivity contribution in [2.24, 2.45) is 0 Å². The molecule has 2 rings (SSSR count). The van der Waals surface area contributed by atoms with Crippen LogP contribution in [0, 0.1) is 6.92 Å². The fraction of sp³-hybridized carbons (Fsp3) is 0.400. The summed E-state index contributed by atoms with van der Waals surface area (Å²) in [5, 5.41) is 1.38. The Morgan fingerprint density at radius 1 is 1.29 bits per heavy atom. The summed E-state index contributed by atoms with van der Waals surface area (Å²) in [4.78, 5) is 10.9. The topological polar surface area (TPSA) is 41.6 Å². The largest absolute Gasteiger partial charge is 0.343 e. The van der Waals surface area contributed by atoms with Crippen LogP contribution < -0.4 is 0 Å². The molecule has 0 radical (unpaired) electrons. The Kier molecular flexibility index (Phi) is 5.16. The van der Waals surface area contributed by atoms with Crippen LogP contribution in [0.15, 0.2) is 12.4 Å². The van der Waals surface area contributed by atoms with Gasteiger partial charge in [-0.05, 0) is 13.0 Å². The SMILES string of the molecule is C.CC.Cc1cc2c(Cl)ncnc2[nH]1. The number of aromatic amines is 1. The van der Waals surface area contributed by atoms with Crippen LogP contribution in [-0.4, -0.2) is 15.0 Å². The lowest BCUT2D eigenvalue weighted by Gasteiger charge is -1.88. The highest BCUT2D eigenvalue weighted by Crippen LogP contribution is 2.18. The van der Waals surface area contributed by atoms with Crippen LogP contribution in [0.25, 0.3) is 11.0 Å². The van der Waals surface area contributed by atoms with Crippen molar-refractivity contribution in [3.8, 4) is 0 Å². The van der Waals surface area contributed by atoms with Crippen LogP contribution in [0.4, 0.5) is 0 Å². The second-order valence-corrected chi connectivity index (χ2v) is 2.74. The standard InChI is InChI=1S/C7H6ClN3.C2H6.CH4/c1-4-2-5-6(8)9-3-10-7(5)11-4;1-2;/h2-3H,1H3,(H,9,10,11);1-2H3;1H4. The predicted molar refractivity (Wildman–Crippen MR) is 61.7 cm³/mol. The number of fused-ring (bicyclic) bond motifs is 1. The van der Waals surface area contributed by atoms with Crippen LogP contribution in [-0.2, 0) is 0 Å². The molecule has 0 aliphatic rings. The van der Waals surface area contributed by atoms with Crippen LogP contribution in [0.5, 0.6) is 0 Å². The molecule has 0 unspecified atom stereocenters. The molecule has 0 aromatic carbocycles. The fourth-order valence-corrected chi connectivity index (χ4v) is 1.23. The normalized spacial score (nSPS) is 8.86. The van der Waals surface area contributed by atoms with E-state index in [0.29, 0.717) is 5.15 Å². The number of hydrogen-bond donors (Lipinski definition) is 1. The molecule has 0 amide bonds. The molecule has 4 heteroatoms. The Morgan fingerprint density at radius 2 is 1.93 bits per heavy atom. The second-order valence-electron chi connectivity index (χ2n) is 2.38. The Hall–Kier alpha value is -1.09. The van der Waals surface area contributed by atoms with E-state index >= 15 is 0 Å². The third kappa shape index (κ3) is 2.45. The third-order valence-corrected chi connectivity index (χ3v) is 1.81. The summed E-state index contributed by atoms with van der Waals surface area (Å²) in [6.45, 7) is 5.96. The van der Waals surface area contributed by atoms with E-state index < -0.39 is 0 Å². The van der Waals surface area contributed by atoms with Gasteiger partial charge in [0.15, 0.2) is 0 Å². The summed E-state index contributed by atoms with van der Waals surface area (Å²) in [5.74, 6) is 0. The van der Waals surface area contributed by atoms with Crippen molar-refractivity contribution < 1.29 is 0 Å². The lowest BCUT2D eigenvalue weighted by molar-refractivity contribution is 1.18. The molecular weight excluding hydrogens is 198 g/mol. The molecule has 2 aromatic heterocycles. The van der Waals surface area contributed by atoms with Gasteiger partial charge in [-0.2, -0.15) is 0 Å². The highest BCUT2D eigenvalue weighted by Gasteiger charge is 2.02. The summed E-state index contributed by atoms with van der Waals surface area (Å²) in [6.07, 6.45) is 1.45. The lowest BCUT2D eigenvalue weighted by atomic mass is 10.4. The Bertz CT molecular complexity index is 395. The minimum atomic E-state index is 0. The van der Waals surface area contributed by atoms with E-state index in [2.05, 4.69) is 15.0 Å². The highest BCUT2D eigenvalue weighted by molar-refractivity contribution is 6.33. The summed E-state index contributed by atoms with van der Waals surface area (Å²) < 4.78 is 0. The van der Waals surface area contributed by atoms with Crippen molar-refractivity contribution in [1.82, 2.24) is 15.0 Å². The molecule has 0 saturated heterocycles. The van der Waals surface area contributed by atoms with Crippen molar-refractivity contribution in [3.63, 3.8) is 0 Å². The monoisotopic (exact) mass is 213 g/mol. The maximum atomic E-state index is 5.80. The molecule has 2 heterocycles. The maximum absolute atomic E-state index is 5.80. The zero-order chi connectivity index (χ0) is 9.84. The van der Waals surface area contributed by atoms with E-state index in [1.807, 2.05) is 26.8 Å². The first-order valence-electron chi connectivity index (χ1n) is 4.23. The number of H-pyrrole nitrogens is 1. The number of halogens is 1. The molecule has 0 saturated carbocycles. The molecule has 0 atom stereocenters. The average molecular weight is 214 g/mol. The van der Waals surface area contributed by atoms with Gasteiger partial charge in [-0.3, -0.25) is 0 Å². The smallest absolute Gasteiger partial charge is 0.142 e. The first-order chi connectivity index (χ1) is 6.27. The zero-order valence-corrected chi connectivity index (χ0v) is 8.68. The van der Waals surface area contributed by atoms with E-state index in [-0.39, 0.29) is 7.43 Å². The number of aryl methyl sites for hydroxylation is 1. The maximum Gasteiger partial charge on any atom is 0.142 e. The summed E-state index contributed by atoms with van der Waals surface area (Å²) in [7, 11) is 0. The number of rotatable bonds is 0. The molecular formula is C10H16ClN3. The van der Waals surface area contributed by atoms with E-state index in [9.17, 15) is 0 Å². The Morgan fingerprint density at radius 3 is 2.50 bits per heavy atom. The molecule has 0 spiro atoms. The minimum absolute atomic E-state index is 0. The van der Waals surface area contributed by atoms with Crippen molar-refractivity contribution in [1.29, 1.82) is 0 Å². The van der Waals surface area contributed by atoms with Gasteiger partial charge in [0.1, 0.15) is 17.1 Å². The van der Waals surface area contributed by atoms with Gasteiger partial charge in [0.25, 0.3) is 0 Å². The molecule has 0 bridgehead atoms. The number of nitrogens with one attached hydrogen (secondary N) is 1. The van der Waals surface area contributed by atoms with Crippen molar-refractivity contribution in [3.05, 3.63) is 23.2 Å². The molecule has 0 fully saturated rings. The van der Waals surface area contributed by atoms with E-state index in [1.165, 1.54) is 6.33 Å². The van der Waals surface area contributed by atoms with E-state index in [0.717, 1.165) is 16.7 Å². The van der Waals surface area contributed by atoms with E-state index in [4.69, 9.17) is 11.6 Å². The van der Waals surface area contributed by atoms with Gasteiger partial charge in [0.05, 0.1) is 5.39 Å². The van der Waals surface area contributed by atoms with Crippen LogP contribution in [0.2, 0.25) is 5.15 Å². The highest BCUT2D eigenvalue weighted by atomic mass is 35.5. The molecule has 3 nitrogen and oxygen atoms in total. The number of hydrogen-bond acceptors (Lipinski definition) is 2. The zero-order valence-electron chi connectivity index (χ0n) is 7.93. The molecule has 0 aliphatic heterocycles. The predicted octanol–water partition coefficient (Wildman–Crippen LogP) is 3.58. The first kappa shape index (κ1) is 12.9. The quantitative estimate of drug-likeness (QED) is 0.680. The third-order valence-electron chi connectivity index (χ3n) is 1.51. The number of nitrogens with zero attached hydrogens (tertiary/aromatic N) is 2. The van der Waals surface area contributed by atoms with Gasteiger partial charge in [0.2, 0.25) is 0 Å². The minimum Gasteiger partial charge on any atom is -0.343 e. The van der Waals surface area contributed by atoms with E-state index in [1.54, 1.807) is 0 Å². The molecule has 2 aromatic rings. The van der Waals surface area contributed by atoms with Gasteiger partial charge in [-0.1, -0.05) is 32.9 Å². The van der Waals surface area contributed by atoms with Gasteiger partial charge < -0.3 is 4.98 Å². The molecule has 14 heavy (non-hydrogen) atoms. The van der Waals surface area contributed by atoms with Crippen LogP contribution >= 0.6 is 11.6 Å². The molecule has 0 aliphatic carbocycles. The molecule has 1 N–H and O–H groups in total. The fourth-order valence-electron chi connectivity index (χ4n) is 1.04. The Balaban J connectivity index is 0.000000531. The summed E-state index contributed by atoms with van der Waals surface area (Å²) in [6, 6.07) is 1.93. The van der Waals surface area contributed by atoms with Crippen LogP contribution in [0.1, 0.15) is 27.0 Å². The van der Waals surface area contributed by atoms with Crippen molar-refractivity contribution in [2.45, 2.75) is 28.2 Å². The van der Waals surface area contributed by atoms with Gasteiger partial charge in [0, 0.05) is 5.69 Å². The first-order valence-corrected chi connectivity index (χ1v) is 4.61. The summed E-state index contributed by atoms with van der Waals surface area (Å²) in [5.41, 5.74) is 1.84. The van der Waals surface area contributed by atoms with Gasteiger partial charge in [-0.15, -0.1) is 0 Å². The second kappa shape index (κ2) is 5.60. The Labute approximate surface area is 89.5 Å². The van der Waals surface area contributed by atoms with Crippen molar-refractivity contribution >= 4 is 22.6 Å². The average Bonchev–Trinajstić information content (AvgIpc) is 2.51. The van der Waals surface area contributed by atoms with Gasteiger partial charge >= 0.3 is 0 Å². The lowest BCUT2D eigenvalue weighted by Crippen LogP contribution is -1.79. The van der Waals surface area contributed by atoms with Gasteiger partial charge in [-0.25, -0.2) is 9.97 Å². The summed E-state index contributed by atoms with van der Waals surface area (Å²) >= 11 is 5.80. The number of aromatic nitrogens is 3. The molecule has 78 valence electrons. The van der Waals surface area contributed by atoms with Crippen LogP contribution in [0.3, 0.4) is 0 Å². The van der Waals surface area contributed by atoms with Crippen molar-refractivity contribution in [2.75, 3.05) is 0 Å².